The van der Waals surface area contributed by atoms with E-state index >= 15 is 0 Å². The number of benzene rings is 1. The Kier molecular flexibility index (Phi) is 3.62. The number of carbonyl (C=O) groups is 1. The van der Waals surface area contributed by atoms with Crippen molar-refractivity contribution in [3.63, 3.8) is 0 Å². The summed E-state index contributed by atoms with van der Waals surface area (Å²) in [6, 6.07) is 7.92. The predicted molar refractivity (Wildman–Crippen MR) is 76.8 cm³/mol. The van der Waals surface area contributed by atoms with Gasteiger partial charge >= 0.3 is 0 Å². The van der Waals surface area contributed by atoms with Gasteiger partial charge in [-0.25, -0.2) is 4.98 Å². The summed E-state index contributed by atoms with van der Waals surface area (Å²) < 4.78 is 0. The lowest BCUT2D eigenvalue weighted by Crippen LogP contribution is -2.29. The van der Waals surface area contributed by atoms with Crippen LogP contribution in [0.2, 0.25) is 0 Å². The Hall–Kier alpha value is -2.37. The summed E-state index contributed by atoms with van der Waals surface area (Å²) in [4.78, 5) is 18.0. The number of amides is 1. The summed E-state index contributed by atoms with van der Waals surface area (Å²) in [7, 11) is 0. The van der Waals surface area contributed by atoms with Crippen LogP contribution < -0.4 is 10.2 Å². The third kappa shape index (κ3) is 2.79. The Bertz CT molecular complexity index is 558. The van der Waals surface area contributed by atoms with Crippen LogP contribution in [0.5, 0.6) is 0 Å². The number of nitrogens with zero attached hydrogens (tertiary/aromatic N) is 3. The lowest BCUT2D eigenvalue weighted by Gasteiger charge is -2.28. The molecule has 0 spiro atoms. The maximum absolute atomic E-state index is 11.8. The minimum atomic E-state index is -0.284. The molecule has 1 aromatic carbocycles. The maximum atomic E-state index is 11.8. The van der Waals surface area contributed by atoms with E-state index in [0.29, 0.717) is 0 Å². The van der Waals surface area contributed by atoms with Crippen molar-refractivity contribution in [3.8, 4) is 0 Å². The summed E-state index contributed by atoms with van der Waals surface area (Å²) in [5.74, 6) is -0.0710. The zero-order valence-electron chi connectivity index (χ0n) is 11.2. The van der Waals surface area contributed by atoms with Crippen LogP contribution >= 0.6 is 0 Å². The average Bonchev–Trinajstić information content (AvgIpc) is 3.03. The van der Waals surface area contributed by atoms with Crippen molar-refractivity contribution in [3.05, 3.63) is 36.4 Å². The molecule has 0 radical (unpaired) electrons. The Morgan fingerprint density at radius 3 is 2.55 bits per heavy atom. The van der Waals surface area contributed by atoms with Crippen LogP contribution in [0.4, 0.5) is 11.4 Å². The zero-order chi connectivity index (χ0) is 13.8. The van der Waals surface area contributed by atoms with E-state index in [1.54, 1.807) is 0 Å². The summed E-state index contributed by atoms with van der Waals surface area (Å²) >= 11 is 0. The SMILES string of the molecule is O=C(Nc1ccc(N2CCCCC2)cc1)c1ncn[nH]1. The van der Waals surface area contributed by atoms with Crippen LogP contribution in [-0.2, 0) is 0 Å². The molecule has 1 aliphatic heterocycles. The summed E-state index contributed by atoms with van der Waals surface area (Å²) in [6.45, 7) is 2.23. The van der Waals surface area contributed by atoms with E-state index in [0.717, 1.165) is 18.8 Å². The predicted octanol–water partition coefficient (Wildman–Crippen LogP) is 2.05. The number of H-pyrrole nitrogens is 1. The number of hydrogen-bond donors (Lipinski definition) is 2. The average molecular weight is 271 g/mol. The molecule has 1 aromatic heterocycles. The van der Waals surface area contributed by atoms with Crippen molar-refractivity contribution in [2.24, 2.45) is 0 Å². The van der Waals surface area contributed by atoms with Crippen LogP contribution in [0.3, 0.4) is 0 Å². The first-order valence-corrected chi connectivity index (χ1v) is 6.85. The Morgan fingerprint density at radius 2 is 1.90 bits per heavy atom. The maximum Gasteiger partial charge on any atom is 0.292 e. The fourth-order valence-electron chi connectivity index (χ4n) is 2.41. The minimum Gasteiger partial charge on any atom is -0.372 e. The van der Waals surface area contributed by atoms with Gasteiger partial charge < -0.3 is 10.2 Å². The molecule has 2 heterocycles. The molecule has 1 amide bonds. The molecule has 104 valence electrons. The summed E-state index contributed by atoms with van der Waals surface area (Å²) in [5, 5.41) is 8.98. The second-order valence-electron chi connectivity index (χ2n) is 4.88. The molecule has 20 heavy (non-hydrogen) atoms. The van der Waals surface area contributed by atoms with Gasteiger partial charge in [0.15, 0.2) is 0 Å². The van der Waals surface area contributed by atoms with Crippen molar-refractivity contribution >= 4 is 17.3 Å². The van der Waals surface area contributed by atoms with Gasteiger partial charge in [-0.2, -0.15) is 5.10 Å². The van der Waals surface area contributed by atoms with Crippen LogP contribution in [0.1, 0.15) is 29.9 Å². The molecule has 3 rings (SSSR count). The lowest BCUT2D eigenvalue weighted by molar-refractivity contribution is 0.101. The molecule has 2 aromatic rings. The molecule has 0 saturated carbocycles. The number of anilines is 2. The number of carbonyl (C=O) groups excluding carboxylic acids is 1. The van der Waals surface area contributed by atoms with E-state index in [9.17, 15) is 4.79 Å². The van der Waals surface area contributed by atoms with Crippen LogP contribution in [0.25, 0.3) is 0 Å². The Morgan fingerprint density at radius 1 is 1.15 bits per heavy atom. The first-order valence-electron chi connectivity index (χ1n) is 6.85. The summed E-state index contributed by atoms with van der Waals surface area (Å²) in [6.07, 6.45) is 5.14. The minimum absolute atomic E-state index is 0.213. The molecule has 0 unspecified atom stereocenters. The number of nitrogens with one attached hydrogen (secondary N) is 2. The topological polar surface area (TPSA) is 73.9 Å². The molecule has 0 aliphatic carbocycles. The molecule has 1 fully saturated rings. The first kappa shape index (κ1) is 12.7. The fraction of sp³-hybridized carbons (Fsp3) is 0.357. The van der Waals surface area contributed by atoms with Crippen molar-refractivity contribution in [1.29, 1.82) is 0 Å². The number of aromatic amines is 1. The highest BCUT2D eigenvalue weighted by molar-refractivity contribution is 6.01. The van der Waals surface area contributed by atoms with Crippen molar-refractivity contribution in [2.75, 3.05) is 23.3 Å². The van der Waals surface area contributed by atoms with E-state index in [1.807, 2.05) is 24.3 Å². The quantitative estimate of drug-likeness (QED) is 0.896. The molecular formula is C14H17N5O. The van der Waals surface area contributed by atoms with Gasteiger partial charge in [-0.05, 0) is 43.5 Å². The largest absolute Gasteiger partial charge is 0.372 e. The smallest absolute Gasteiger partial charge is 0.292 e. The zero-order valence-corrected chi connectivity index (χ0v) is 11.2. The van der Waals surface area contributed by atoms with Crippen LogP contribution in [0, 0.1) is 0 Å². The number of hydrogen-bond acceptors (Lipinski definition) is 4. The van der Waals surface area contributed by atoms with E-state index in [2.05, 4.69) is 25.4 Å². The Labute approximate surface area is 117 Å². The lowest BCUT2D eigenvalue weighted by atomic mass is 10.1. The van der Waals surface area contributed by atoms with Gasteiger partial charge in [-0.15, -0.1) is 0 Å². The molecule has 6 nitrogen and oxygen atoms in total. The number of rotatable bonds is 3. The highest BCUT2D eigenvalue weighted by atomic mass is 16.2. The molecule has 1 aliphatic rings. The third-order valence-corrected chi connectivity index (χ3v) is 3.48. The molecule has 0 atom stereocenters. The summed E-state index contributed by atoms with van der Waals surface area (Å²) in [5.41, 5.74) is 1.97. The van der Waals surface area contributed by atoms with Gasteiger partial charge in [0.05, 0.1) is 0 Å². The van der Waals surface area contributed by atoms with Crippen molar-refractivity contribution < 1.29 is 4.79 Å². The van der Waals surface area contributed by atoms with Gasteiger partial charge in [0.2, 0.25) is 5.82 Å². The van der Waals surface area contributed by atoms with Crippen LogP contribution in [-0.4, -0.2) is 34.2 Å². The van der Waals surface area contributed by atoms with Gasteiger partial charge in [0, 0.05) is 24.5 Å². The second-order valence-corrected chi connectivity index (χ2v) is 4.88. The van der Waals surface area contributed by atoms with Gasteiger partial charge in [-0.3, -0.25) is 9.89 Å². The van der Waals surface area contributed by atoms with Gasteiger partial charge in [0.1, 0.15) is 6.33 Å². The first-order chi connectivity index (χ1) is 9.83. The monoisotopic (exact) mass is 271 g/mol. The second kappa shape index (κ2) is 5.73. The van der Waals surface area contributed by atoms with Gasteiger partial charge in [-0.1, -0.05) is 0 Å². The molecule has 2 N–H and O–H groups in total. The number of piperidine rings is 1. The highest BCUT2D eigenvalue weighted by Crippen LogP contribution is 2.21. The molecule has 6 heteroatoms. The van der Waals surface area contributed by atoms with Gasteiger partial charge in [0.25, 0.3) is 5.91 Å². The van der Waals surface area contributed by atoms with E-state index in [-0.39, 0.29) is 11.7 Å². The molecule has 1 saturated heterocycles. The third-order valence-electron chi connectivity index (χ3n) is 3.48. The van der Waals surface area contributed by atoms with E-state index in [4.69, 9.17) is 0 Å². The normalized spacial score (nSPS) is 15.1. The molecular weight excluding hydrogens is 254 g/mol. The molecule has 0 bridgehead atoms. The van der Waals surface area contributed by atoms with Crippen molar-refractivity contribution in [2.45, 2.75) is 19.3 Å². The highest BCUT2D eigenvalue weighted by Gasteiger charge is 2.12. The van der Waals surface area contributed by atoms with E-state index < -0.39 is 0 Å². The standard InChI is InChI=1S/C14H17N5O/c20-14(13-15-10-16-18-13)17-11-4-6-12(7-5-11)19-8-2-1-3-9-19/h4-7,10H,1-3,8-9H2,(H,17,20)(H,15,16,18). The number of aromatic nitrogens is 3. The van der Waals surface area contributed by atoms with Crippen LogP contribution in [0.15, 0.2) is 30.6 Å². The Balaban J connectivity index is 1.65. The van der Waals surface area contributed by atoms with E-state index in [1.165, 1.54) is 31.3 Å². The van der Waals surface area contributed by atoms with Crippen molar-refractivity contribution in [1.82, 2.24) is 15.2 Å². The fourth-order valence-corrected chi connectivity index (χ4v) is 2.41.